The quantitative estimate of drug-likeness (QED) is 0.472. The number of amides is 1. The number of methoxy groups -OCH3 is 1. The molecule has 2 aromatic rings. The van der Waals surface area contributed by atoms with Crippen LogP contribution in [0.5, 0.6) is 5.75 Å². The number of piperidine rings is 1. The van der Waals surface area contributed by atoms with Gasteiger partial charge in [-0.15, -0.1) is 11.8 Å². The predicted molar refractivity (Wildman–Crippen MR) is 120 cm³/mol. The molecule has 1 aliphatic rings. The number of halogens is 1. The fourth-order valence-electron chi connectivity index (χ4n) is 3.29. The molecule has 30 heavy (non-hydrogen) atoms. The third-order valence-corrected chi connectivity index (χ3v) is 8.08. The Morgan fingerprint density at radius 1 is 1.20 bits per heavy atom. The van der Waals surface area contributed by atoms with E-state index < -0.39 is 10.0 Å². The SMILES string of the molecule is COc1ccc(S(=O)(=O)N2CCC[C@H](C(=O)NCCSc3ccc(Cl)cc3)C2)cc1. The maximum absolute atomic E-state index is 12.9. The molecule has 0 unspecified atom stereocenters. The van der Waals surface area contributed by atoms with Crippen LogP contribution >= 0.6 is 23.4 Å². The molecular formula is C21H25ClN2O4S2. The van der Waals surface area contributed by atoms with Gasteiger partial charge in [-0.1, -0.05) is 11.6 Å². The summed E-state index contributed by atoms with van der Waals surface area (Å²) in [5, 5.41) is 3.63. The van der Waals surface area contributed by atoms with E-state index in [1.807, 2.05) is 24.3 Å². The second-order valence-corrected chi connectivity index (χ2v) is 10.5. The molecule has 3 rings (SSSR count). The van der Waals surface area contributed by atoms with Crippen LogP contribution in [0.25, 0.3) is 0 Å². The largest absolute Gasteiger partial charge is 0.497 e. The molecule has 162 valence electrons. The minimum atomic E-state index is -3.64. The van der Waals surface area contributed by atoms with Crippen molar-refractivity contribution in [3.63, 3.8) is 0 Å². The van der Waals surface area contributed by atoms with Crippen molar-refractivity contribution < 1.29 is 17.9 Å². The maximum atomic E-state index is 12.9. The highest BCUT2D eigenvalue weighted by atomic mass is 35.5. The lowest BCUT2D eigenvalue weighted by atomic mass is 9.99. The second-order valence-electron chi connectivity index (χ2n) is 6.97. The molecule has 1 saturated heterocycles. The molecule has 0 bridgehead atoms. The Hall–Kier alpha value is -1.74. The van der Waals surface area contributed by atoms with Crippen molar-refractivity contribution >= 4 is 39.3 Å². The fraction of sp³-hybridized carbons (Fsp3) is 0.381. The molecule has 0 saturated carbocycles. The van der Waals surface area contributed by atoms with Crippen molar-refractivity contribution in [2.75, 3.05) is 32.5 Å². The normalized spacial score (nSPS) is 17.5. The lowest BCUT2D eigenvalue weighted by molar-refractivity contribution is -0.125. The number of carbonyl (C=O) groups excluding carboxylic acids is 1. The van der Waals surface area contributed by atoms with Crippen molar-refractivity contribution in [2.45, 2.75) is 22.6 Å². The highest BCUT2D eigenvalue weighted by Crippen LogP contribution is 2.25. The van der Waals surface area contributed by atoms with Crippen LogP contribution in [-0.2, 0) is 14.8 Å². The molecular weight excluding hydrogens is 444 g/mol. The smallest absolute Gasteiger partial charge is 0.243 e. The zero-order valence-corrected chi connectivity index (χ0v) is 19.1. The van der Waals surface area contributed by atoms with Crippen molar-refractivity contribution in [1.82, 2.24) is 9.62 Å². The summed E-state index contributed by atoms with van der Waals surface area (Å²) in [7, 11) is -2.10. The number of nitrogens with zero attached hydrogens (tertiary/aromatic N) is 1. The summed E-state index contributed by atoms with van der Waals surface area (Å²) in [6, 6.07) is 13.9. The van der Waals surface area contributed by atoms with Gasteiger partial charge in [-0.3, -0.25) is 4.79 Å². The molecule has 1 fully saturated rings. The molecule has 0 spiro atoms. The van der Waals surface area contributed by atoms with Crippen LogP contribution in [0.1, 0.15) is 12.8 Å². The summed E-state index contributed by atoms with van der Waals surface area (Å²) in [5.74, 6) is 0.892. The van der Waals surface area contributed by atoms with Crippen LogP contribution in [-0.4, -0.2) is 51.1 Å². The average Bonchev–Trinajstić information content (AvgIpc) is 2.78. The zero-order chi connectivity index (χ0) is 21.6. The Morgan fingerprint density at radius 3 is 2.57 bits per heavy atom. The van der Waals surface area contributed by atoms with Gasteiger partial charge in [0.05, 0.1) is 17.9 Å². The first kappa shape index (κ1) is 22.9. The van der Waals surface area contributed by atoms with Gasteiger partial charge in [0.1, 0.15) is 5.75 Å². The van der Waals surface area contributed by atoms with Crippen molar-refractivity contribution in [3.05, 3.63) is 53.6 Å². The number of thioether (sulfide) groups is 1. The highest BCUT2D eigenvalue weighted by molar-refractivity contribution is 7.99. The van der Waals surface area contributed by atoms with Gasteiger partial charge in [0.25, 0.3) is 0 Å². The summed E-state index contributed by atoms with van der Waals surface area (Å²) < 4.78 is 32.4. The van der Waals surface area contributed by atoms with Crippen molar-refractivity contribution in [2.24, 2.45) is 5.92 Å². The summed E-state index contributed by atoms with van der Waals surface area (Å²) >= 11 is 7.51. The Bertz CT molecular complexity index is 950. The van der Waals surface area contributed by atoms with Crippen LogP contribution < -0.4 is 10.1 Å². The number of hydrogen-bond donors (Lipinski definition) is 1. The maximum Gasteiger partial charge on any atom is 0.243 e. The lowest BCUT2D eigenvalue weighted by Crippen LogP contribution is -2.45. The molecule has 2 aromatic carbocycles. The van der Waals surface area contributed by atoms with E-state index in [1.54, 1.807) is 23.9 Å². The first-order valence-corrected chi connectivity index (χ1v) is 12.5. The number of benzene rings is 2. The number of ether oxygens (including phenoxy) is 1. The van der Waals surface area contributed by atoms with Crippen LogP contribution in [0.2, 0.25) is 5.02 Å². The first-order valence-electron chi connectivity index (χ1n) is 9.70. The minimum Gasteiger partial charge on any atom is -0.497 e. The van der Waals surface area contributed by atoms with Crippen molar-refractivity contribution in [1.29, 1.82) is 0 Å². The van der Waals surface area contributed by atoms with E-state index in [1.165, 1.54) is 23.5 Å². The monoisotopic (exact) mass is 468 g/mol. The van der Waals surface area contributed by atoms with E-state index in [0.29, 0.717) is 36.7 Å². The molecule has 9 heteroatoms. The lowest BCUT2D eigenvalue weighted by Gasteiger charge is -2.31. The van der Waals surface area contributed by atoms with Gasteiger partial charge >= 0.3 is 0 Å². The van der Waals surface area contributed by atoms with Crippen molar-refractivity contribution in [3.8, 4) is 5.75 Å². The Kier molecular flexibility index (Phi) is 8.05. The van der Waals surface area contributed by atoms with E-state index in [0.717, 1.165) is 10.6 Å². The molecule has 6 nitrogen and oxygen atoms in total. The summed E-state index contributed by atoms with van der Waals surface area (Å²) in [6.45, 7) is 1.14. The number of carbonyl (C=O) groups is 1. The zero-order valence-electron chi connectivity index (χ0n) is 16.7. The summed E-state index contributed by atoms with van der Waals surface area (Å²) in [6.07, 6.45) is 1.35. The number of hydrogen-bond acceptors (Lipinski definition) is 5. The first-order chi connectivity index (χ1) is 14.4. The van der Waals surface area contributed by atoms with Gasteiger partial charge in [-0.25, -0.2) is 8.42 Å². The second kappa shape index (κ2) is 10.5. The fourth-order valence-corrected chi connectivity index (χ4v) is 5.71. The van der Waals surface area contributed by atoms with Gasteiger partial charge in [0.15, 0.2) is 0 Å². The third kappa shape index (κ3) is 5.91. The molecule has 1 N–H and O–H groups in total. The number of nitrogens with one attached hydrogen (secondary N) is 1. The van der Waals surface area contributed by atoms with E-state index in [9.17, 15) is 13.2 Å². The average molecular weight is 469 g/mol. The van der Waals surface area contributed by atoms with Gasteiger partial charge in [-0.2, -0.15) is 4.31 Å². The van der Waals surface area contributed by atoms with E-state index in [-0.39, 0.29) is 23.3 Å². The standard InChI is InChI=1S/C21H25ClN2O4S2/c1-28-18-6-10-20(11-7-18)30(26,27)24-13-2-3-16(15-24)21(25)23-12-14-29-19-8-4-17(22)5-9-19/h4-11,16H,2-3,12-15H2,1H3,(H,23,25)/t16-/m0/s1. The Morgan fingerprint density at radius 2 is 1.90 bits per heavy atom. The molecule has 1 heterocycles. The molecule has 1 atom stereocenters. The van der Waals surface area contributed by atoms with Crippen LogP contribution in [0.15, 0.2) is 58.3 Å². The van der Waals surface area contributed by atoms with E-state index in [4.69, 9.17) is 16.3 Å². The van der Waals surface area contributed by atoms with Crippen LogP contribution in [0.4, 0.5) is 0 Å². The Labute approximate surface area is 187 Å². The van der Waals surface area contributed by atoms with Crippen LogP contribution in [0, 0.1) is 5.92 Å². The third-order valence-electron chi connectivity index (χ3n) is 4.94. The molecule has 0 radical (unpaired) electrons. The van der Waals surface area contributed by atoms with Crippen LogP contribution in [0.3, 0.4) is 0 Å². The topological polar surface area (TPSA) is 75.7 Å². The number of rotatable bonds is 8. The van der Waals surface area contributed by atoms with E-state index in [2.05, 4.69) is 5.32 Å². The summed E-state index contributed by atoms with van der Waals surface area (Å²) in [5.41, 5.74) is 0. The van der Waals surface area contributed by atoms with Gasteiger partial charge in [0, 0.05) is 35.3 Å². The van der Waals surface area contributed by atoms with Gasteiger partial charge < -0.3 is 10.1 Å². The molecule has 0 aromatic heterocycles. The summed E-state index contributed by atoms with van der Waals surface area (Å²) in [4.78, 5) is 13.9. The Balaban J connectivity index is 1.51. The van der Waals surface area contributed by atoms with Gasteiger partial charge in [-0.05, 0) is 61.4 Å². The minimum absolute atomic E-state index is 0.0960. The molecule has 1 amide bonds. The number of sulfonamides is 1. The molecule has 0 aliphatic carbocycles. The highest BCUT2D eigenvalue weighted by Gasteiger charge is 2.33. The van der Waals surface area contributed by atoms with Gasteiger partial charge in [0.2, 0.25) is 15.9 Å². The predicted octanol–water partition coefficient (Wildman–Crippen LogP) is 3.66. The van der Waals surface area contributed by atoms with E-state index >= 15 is 0 Å². The molecule has 1 aliphatic heterocycles.